The highest BCUT2D eigenvalue weighted by Crippen LogP contribution is 2.26. The molecule has 0 aliphatic heterocycles. The standard InChI is InChI=1S/C25H31N3O3S/c1-25(2,3)31-22(29)14-7-5-4-6-10-17-28-20-13-9-8-12-19(20)18-21(28)23(30)32-24-26-15-11-16-27-24/h8-9,11-13,15-16,18H,4-7,10,14,17H2,1-3H3. The molecule has 0 radical (unpaired) electrons. The van der Waals surface area contributed by atoms with E-state index in [1.54, 1.807) is 18.5 Å². The minimum Gasteiger partial charge on any atom is -0.460 e. The molecule has 0 atom stereocenters. The van der Waals surface area contributed by atoms with Crippen LogP contribution in [-0.2, 0) is 16.1 Å². The van der Waals surface area contributed by atoms with Gasteiger partial charge in [0.2, 0.25) is 5.12 Å². The van der Waals surface area contributed by atoms with Crippen LogP contribution in [0.5, 0.6) is 0 Å². The van der Waals surface area contributed by atoms with E-state index < -0.39 is 5.60 Å². The Kier molecular flexibility index (Phi) is 8.45. The Morgan fingerprint density at radius 2 is 1.66 bits per heavy atom. The molecular formula is C25H31N3O3S. The largest absolute Gasteiger partial charge is 0.460 e. The molecule has 0 unspecified atom stereocenters. The van der Waals surface area contributed by atoms with Crippen molar-refractivity contribution in [3.8, 4) is 0 Å². The fourth-order valence-corrected chi connectivity index (χ4v) is 4.22. The number of unbranched alkanes of at least 4 members (excludes halogenated alkanes) is 4. The number of aromatic nitrogens is 3. The van der Waals surface area contributed by atoms with Crippen molar-refractivity contribution in [1.82, 2.24) is 14.5 Å². The fourth-order valence-electron chi connectivity index (χ4n) is 3.56. The smallest absolute Gasteiger partial charge is 0.306 e. The average molecular weight is 454 g/mol. The predicted molar refractivity (Wildman–Crippen MR) is 128 cm³/mol. The number of rotatable bonds is 10. The van der Waals surface area contributed by atoms with Crippen LogP contribution in [0.4, 0.5) is 0 Å². The Bertz CT molecular complexity index is 1040. The van der Waals surface area contributed by atoms with E-state index in [4.69, 9.17) is 4.74 Å². The Labute approximate surface area is 193 Å². The quantitative estimate of drug-likeness (QED) is 0.161. The Morgan fingerprint density at radius 3 is 2.41 bits per heavy atom. The number of carbonyl (C=O) groups excluding carboxylic acids is 2. The number of benzene rings is 1. The van der Waals surface area contributed by atoms with Crippen molar-refractivity contribution < 1.29 is 14.3 Å². The SMILES string of the molecule is CC(C)(C)OC(=O)CCCCCCCn1c(C(=O)Sc2ncccn2)cc2ccccc21. The molecule has 0 saturated carbocycles. The third-order valence-electron chi connectivity index (χ3n) is 4.93. The molecule has 0 aliphatic carbocycles. The summed E-state index contributed by atoms with van der Waals surface area (Å²) < 4.78 is 7.45. The summed E-state index contributed by atoms with van der Waals surface area (Å²) >= 11 is 1.06. The minimum absolute atomic E-state index is 0.0511. The van der Waals surface area contributed by atoms with E-state index in [0.717, 1.165) is 61.3 Å². The molecule has 0 bridgehead atoms. The van der Waals surface area contributed by atoms with Crippen LogP contribution in [0, 0.1) is 0 Å². The van der Waals surface area contributed by atoms with Crippen LogP contribution in [0.2, 0.25) is 0 Å². The number of fused-ring (bicyclic) bond motifs is 1. The molecule has 0 amide bonds. The molecule has 3 rings (SSSR count). The summed E-state index contributed by atoms with van der Waals surface area (Å²) in [7, 11) is 0. The summed E-state index contributed by atoms with van der Waals surface area (Å²) in [6, 6.07) is 11.8. The van der Waals surface area contributed by atoms with Crippen molar-refractivity contribution in [2.45, 2.75) is 76.6 Å². The van der Waals surface area contributed by atoms with Gasteiger partial charge in [0.1, 0.15) is 5.60 Å². The van der Waals surface area contributed by atoms with E-state index in [1.165, 1.54) is 0 Å². The monoisotopic (exact) mass is 453 g/mol. The highest BCUT2D eigenvalue weighted by Gasteiger charge is 2.18. The second-order valence-electron chi connectivity index (χ2n) is 8.77. The topological polar surface area (TPSA) is 74.1 Å². The van der Waals surface area contributed by atoms with Crippen molar-refractivity contribution in [1.29, 1.82) is 0 Å². The van der Waals surface area contributed by atoms with Crippen LogP contribution < -0.4 is 0 Å². The molecule has 170 valence electrons. The number of thioether (sulfide) groups is 1. The number of hydrogen-bond donors (Lipinski definition) is 0. The minimum atomic E-state index is -0.420. The number of nitrogens with zero attached hydrogens (tertiary/aromatic N) is 3. The van der Waals surface area contributed by atoms with Crippen LogP contribution >= 0.6 is 11.8 Å². The lowest BCUT2D eigenvalue weighted by atomic mass is 10.1. The van der Waals surface area contributed by atoms with Gasteiger partial charge in [-0.05, 0) is 63.6 Å². The average Bonchev–Trinajstić information content (AvgIpc) is 3.11. The van der Waals surface area contributed by atoms with E-state index in [1.807, 2.05) is 45.0 Å². The molecule has 0 saturated heterocycles. The summed E-state index contributed by atoms with van der Waals surface area (Å²) in [5.74, 6) is -0.126. The predicted octanol–water partition coefficient (Wildman–Crippen LogP) is 6.05. The van der Waals surface area contributed by atoms with Gasteiger partial charge >= 0.3 is 5.97 Å². The van der Waals surface area contributed by atoms with Crippen LogP contribution in [0.3, 0.4) is 0 Å². The lowest BCUT2D eigenvalue weighted by Crippen LogP contribution is -2.23. The van der Waals surface area contributed by atoms with E-state index in [-0.39, 0.29) is 11.1 Å². The molecule has 2 heterocycles. The summed E-state index contributed by atoms with van der Waals surface area (Å²) in [6.45, 7) is 6.44. The van der Waals surface area contributed by atoms with Gasteiger partial charge in [0, 0.05) is 36.3 Å². The Hall–Kier alpha value is -2.67. The van der Waals surface area contributed by atoms with Gasteiger partial charge < -0.3 is 9.30 Å². The first-order chi connectivity index (χ1) is 15.3. The molecule has 2 aromatic heterocycles. The summed E-state index contributed by atoms with van der Waals surface area (Å²) in [6.07, 6.45) is 8.66. The molecule has 0 N–H and O–H groups in total. The molecule has 1 aromatic carbocycles. The van der Waals surface area contributed by atoms with Gasteiger partial charge in [-0.25, -0.2) is 9.97 Å². The third-order valence-corrected chi connectivity index (χ3v) is 5.72. The van der Waals surface area contributed by atoms with Crippen LogP contribution in [0.25, 0.3) is 10.9 Å². The maximum Gasteiger partial charge on any atom is 0.306 e. The Balaban J connectivity index is 1.52. The molecule has 6 nitrogen and oxygen atoms in total. The van der Waals surface area contributed by atoms with Crippen molar-refractivity contribution in [3.05, 3.63) is 54.5 Å². The lowest BCUT2D eigenvalue weighted by molar-refractivity contribution is -0.154. The van der Waals surface area contributed by atoms with Gasteiger partial charge in [0.15, 0.2) is 5.16 Å². The number of hydrogen-bond acceptors (Lipinski definition) is 6. The molecule has 0 aliphatic rings. The van der Waals surface area contributed by atoms with Gasteiger partial charge in [0.05, 0.1) is 5.69 Å². The summed E-state index contributed by atoms with van der Waals surface area (Å²) in [4.78, 5) is 33.1. The normalized spacial score (nSPS) is 11.6. The fraction of sp³-hybridized carbons (Fsp3) is 0.440. The van der Waals surface area contributed by atoms with Crippen LogP contribution in [-0.4, -0.2) is 31.2 Å². The van der Waals surface area contributed by atoms with E-state index in [9.17, 15) is 9.59 Å². The first-order valence-corrected chi connectivity index (χ1v) is 11.9. The first-order valence-electron chi connectivity index (χ1n) is 11.1. The summed E-state index contributed by atoms with van der Waals surface area (Å²) in [5, 5.41) is 1.46. The zero-order valence-corrected chi connectivity index (χ0v) is 19.9. The van der Waals surface area contributed by atoms with Gasteiger partial charge in [0.25, 0.3) is 0 Å². The zero-order chi connectivity index (χ0) is 23.0. The molecule has 0 fully saturated rings. The van der Waals surface area contributed by atoms with E-state index in [2.05, 4.69) is 20.6 Å². The third kappa shape index (κ3) is 7.19. The van der Waals surface area contributed by atoms with Crippen molar-refractivity contribution in [3.63, 3.8) is 0 Å². The molecular weight excluding hydrogens is 422 g/mol. The molecule has 32 heavy (non-hydrogen) atoms. The number of ether oxygens (including phenoxy) is 1. The lowest BCUT2D eigenvalue weighted by Gasteiger charge is -2.19. The van der Waals surface area contributed by atoms with Crippen LogP contribution in [0.15, 0.2) is 53.9 Å². The molecule has 7 heteroatoms. The van der Waals surface area contributed by atoms with E-state index >= 15 is 0 Å². The van der Waals surface area contributed by atoms with Gasteiger partial charge in [-0.15, -0.1) is 0 Å². The number of para-hydroxylation sites is 1. The van der Waals surface area contributed by atoms with Crippen LogP contribution in [0.1, 0.15) is 69.8 Å². The highest BCUT2D eigenvalue weighted by atomic mass is 32.2. The Morgan fingerprint density at radius 1 is 0.969 bits per heavy atom. The highest BCUT2D eigenvalue weighted by molar-refractivity contribution is 8.14. The number of aryl methyl sites for hydroxylation is 1. The van der Waals surface area contributed by atoms with Crippen molar-refractivity contribution in [2.24, 2.45) is 0 Å². The maximum atomic E-state index is 13.0. The van der Waals surface area contributed by atoms with E-state index in [0.29, 0.717) is 17.3 Å². The van der Waals surface area contributed by atoms with Crippen molar-refractivity contribution in [2.75, 3.05) is 0 Å². The number of carbonyl (C=O) groups is 2. The molecule has 0 spiro atoms. The van der Waals surface area contributed by atoms with Crippen molar-refractivity contribution >= 4 is 33.7 Å². The van der Waals surface area contributed by atoms with Gasteiger partial charge in [-0.1, -0.05) is 37.5 Å². The number of esters is 1. The second-order valence-corrected chi connectivity index (χ2v) is 9.71. The van der Waals surface area contributed by atoms with Gasteiger partial charge in [-0.2, -0.15) is 0 Å². The molecule has 3 aromatic rings. The van der Waals surface area contributed by atoms with Gasteiger partial charge in [-0.3, -0.25) is 9.59 Å². The maximum absolute atomic E-state index is 13.0. The summed E-state index contributed by atoms with van der Waals surface area (Å²) in [5.41, 5.74) is 1.32. The first kappa shape index (κ1) is 24.0. The second kappa shape index (κ2) is 11.3. The zero-order valence-electron chi connectivity index (χ0n) is 19.0.